The molecular weight excluding hydrogens is 380 g/mol. The van der Waals surface area contributed by atoms with Crippen LogP contribution in [-0.2, 0) is 22.4 Å². The molecule has 1 aromatic carbocycles. The first kappa shape index (κ1) is 20.4. The summed E-state index contributed by atoms with van der Waals surface area (Å²) in [6, 6.07) is 14.0. The Labute approximate surface area is 176 Å². The van der Waals surface area contributed by atoms with E-state index in [9.17, 15) is 9.90 Å². The number of nitrogens with one attached hydrogen (secondary N) is 3. The molecule has 0 aliphatic carbocycles. The Kier molecular flexibility index (Phi) is 6.30. The van der Waals surface area contributed by atoms with Crippen LogP contribution in [0.4, 0.5) is 5.82 Å². The average molecular weight is 409 g/mol. The fourth-order valence-corrected chi connectivity index (χ4v) is 4.10. The molecule has 7 heteroatoms. The predicted molar refractivity (Wildman–Crippen MR) is 115 cm³/mol. The normalized spacial score (nSPS) is 20.8. The predicted octanol–water partition coefficient (Wildman–Crippen LogP) is 2.97. The maximum atomic E-state index is 11.5. The van der Waals surface area contributed by atoms with E-state index in [1.54, 1.807) is 6.20 Å². The van der Waals surface area contributed by atoms with Gasteiger partial charge in [0.25, 0.3) is 0 Å². The van der Waals surface area contributed by atoms with E-state index in [-0.39, 0.29) is 12.3 Å². The van der Waals surface area contributed by atoms with Gasteiger partial charge in [-0.2, -0.15) is 0 Å². The van der Waals surface area contributed by atoms with Crippen molar-refractivity contribution in [3.05, 3.63) is 71.6 Å². The summed E-state index contributed by atoms with van der Waals surface area (Å²) in [5, 5.41) is 12.8. The number of ether oxygens (including phenoxy) is 1. The number of hydrazine groups is 1. The fraction of sp³-hybridized carbons (Fsp3) is 0.391. The summed E-state index contributed by atoms with van der Waals surface area (Å²) in [7, 11) is 0. The monoisotopic (exact) mass is 408 g/mol. The van der Waals surface area contributed by atoms with Crippen LogP contribution >= 0.6 is 0 Å². The lowest BCUT2D eigenvalue weighted by Crippen LogP contribution is -2.48. The summed E-state index contributed by atoms with van der Waals surface area (Å²) < 4.78 is 6.26. The molecule has 3 heterocycles. The summed E-state index contributed by atoms with van der Waals surface area (Å²) in [6.45, 7) is 1.44. The van der Waals surface area contributed by atoms with Crippen LogP contribution in [0.25, 0.3) is 0 Å². The minimum atomic E-state index is -0.820. The molecule has 2 aliphatic heterocycles. The van der Waals surface area contributed by atoms with Gasteiger partial charge in [0, 0.05) is 31.3 Å². The molecule has 2 aliphatic rings. The van der Waals surface area contributed by atoms with Crippen molar-refractivity contribution >= 4 is 11.8 Å². The first-order valence-corrected chi connectivity index (χ1v) is 10.5. The quantitative estimate of drug-likeness (QED) is 0.507. The number of hydrogen-bond acceptors (Lipinski definition) is 6. The Balaban J connectivity index is 1.42. The van der Waals surface area contributed by atoms with Gasteiger partial charge in [0.15, 0.2) is 5.72 Å². The van der Waals surface area contributed by atoms with Gasteiger partial charge in [-0.3, -0.25) is 4.79 Å². The topological polar surface area (TPSA) is 95.5 Å². The van der Waals surface area contributed by atoms with E-state index in [2.05, 4.69) is 28.3 Å². The number of anilines is 1. The van der Waals surface area contributed by atoms with Crippen LogP contribution in [0, 0.1) is 0 Å². The van der Waals surface area contributed by atoms with Crippen LogP contribution in [0.2, 0.25) is 0 Å². The zero-order chi connectivity index (χ0) is 20.8. The molecule has 158 valence electrons. The molecule has 1 aromatic heterocycles. The van der Waals surface area contributed by atoms with Crippen LogP contribution in [-0.4, -0.2) is 34.9 Å². The van der Waals surface area contributed by atoms with Crippen molar-refractivity contribution in [1.29, 1.82) is 0 Å². The molecule has 2 atom stereocenters. The van der Waals surface area contributed by atoms with Crippen molar-refractivity contribution in [2.45, 2.75) is 43.7 Å². The molecule has 0 amide bonds. The summed E-state index contributed by atoms with van der Waals surface area (Å²) in [5.74, 6) is -0.00821. The number of fused-ring (bicyclic) bond motifs is 1. The highest BCUT2D eigenvalue weighted by Crippen LogP contribution is 2.32. The SMILES string of the molecule is O=C(O)CC(CC1(OCCc2ccc3c(n2)NCCC3)C=CNN1)c1ccccc1. The largest absolute Gasteiger partial charge is 0.481 e. The van der Waals surface area contributed by atoms with E-state index < -0.39 is 11.7 Å². The third-order valence-corrected chi connectivity index (χ3v) is 5.63. The Morgan fingerprint density at radius 1 is 1.23 bits per heavy atom. The number of carboxylic acid groups (broad SMARTS) is 1. The van der Waals surface area contributed by atoms with E-state index >= 15 is 0 Å². The maximum Gasteiger partial charge on any atom is 0.303 e. The summed E-state index contributed by atoms with van der Waals surface area (Å²) >= 11 is 0. The number of carboxylic acids is 1. The van der Waals surface area contributed by atoms with E-state index in [1.165, 1.54) is 5.56 Å². The fourth-order valence-electron chi connectivity index (χ4n) is 4.10. The number of benzene rings is 1. The molecule has 4 N–H and O–H groups in total. The first-order valence-electron chi connectivity index (χ1n) is 10.5. The van der Waals surface area contributed by atoms with Crippen molar-refractivity contribution in [3.63, 3.8) is 0 Å². The highest BCUT2D eigenvalue weighted by Gasteiger charge is 2.35. The molecule has 0 spiro atoms. The highest BCUT2D eigenvalue weighted by atomic mass is 16.5. The number of nitrogens with zero attached hydrogens (tertiary/aromatic N) is 1. The molecule has 0 radical (unpaired) electrons. The Hall–Kier alpha value is -2.90. The molecule has 2 unspecified atom stereocenters. The van der Waals surface area contributed by atoms with Crippen molar-refractivity contribution in [3.8, 4) is 0 Å². The first-order chi connectivity index (χ1) is 14.6. The van der Waals surface area contributed by atoms with E-state index in [0.717, 1.165) is 36.5 Å². The number of aromatic nitrogens is 1. The molecule has 0 bridgehead atoms. The van der Waals surface area contributed by atoms with Crippen LogP contribution in [0.5, 0.6) is 0 Å². The van der Waals surface area contributed by atoms with Crippen LogP contribution in [0.3, 0.4) is 0 Å². The molecule has 0 fully saturated rings. The summed E-state index contributed by atoms with van der Waals surface area (Å²) in [5.41, 5.74) is 8.64. The highest BCUT2D eigenvalue weighted by molar-refractivity contribution is 5.68. The van der Waals surface area contributed by atoms with Crippen LogP contribution in [0.15, 0.2) is 54.7 Å². The lowest BCUT2D eigenvalue weighted by Gasteiger charge is -2.31. The molecule has 7 nitrogen and oxygen atoms in total. The Morgan fingerprint density at radius 3 is 2.87 bits per heavy atom. The van der Waals surface area contributed by atoms with Gasteiger partial charge in [0.2, 0.25) is 0 Å². The molecular formula is C23H28N4O3. The van der Waals surface area contributed by atoms with Crippen molar-refractivity contribution in [2.24, 2.45) is 0 Å². The van der Waals surface area contributed by atoms with E-state index in [4.69, 9.17) is 9.72 Å². The Morgan fingerprint density at radius 2 is 2.10 bits per heavy atom. The smallest absolute Gasteiger partial charge is 0.303 e. The van der Waals surface area contributed by atoms with Gasteiger partial charge in [-0.1, -0.05) is 36.4 Å². The third-order valence-electron chi connectivity index (χ3n) is 5.63. The second-order valence-electron chi connectivity index (χ2n) is 7.84. The molecule has 4 rings (SSSR count). The number of hydrogen-bond donors (Lipinski definition) is 4. The van der Waals surface area contributed by atoms with Gasteiger partial charge in [-0.25, -0.2) is 10.4 Å². The third kappa shape index (κ3) is 4.98. The lowest BCUT2D eigenvalue weighted by molar-refractivity contribution is -0.138. The maximum absolute atomic E-state index is 11.5. The second-order valence-corrected chi connectivity index (χ2v) is 7.84. The van der Waals surface area contributed by atoms with Gasteiger partial charge in [0.1, 0.15) is 5.82 Å². The number of carbonyl (C=O) groups is 1. The second kappa shape index (κ2) is 9.28. The van der Waals surface area contributed by atoms with E-state index in [0.29, 0.717) is 19.4 Å². The summed E-state index contributed by atoms with van der Waals surface area (Å²) in [6.07, 6.45) is 7.16. The van der Waals surface area contributed by atoms with Gasteiger partial charge in [-0.15, -0.1) is 0 Å². The van der Waals surface area contributed by atoms with Crippen molar-refractivity contribution in [2.75, 3.05) is 18.5 Å². The van der Waals surface area contributed by atoms with Crippen LogP contribution in [0.1, 0.15) is 42.0 Å². The minimum absolute atomic E-state index is 0.0443. The summed E-state index contributed by atoms with van der Waals surface area (Å²) in [4.78, 5) is 16.2. The number of aryl methyl sites for hydroxylation is 1. The molecule has 0 saturated heterocycles. The molecule has 2 aromatic rings. The molecule has 30 heavy (non-hydrogen) atoms. The van der Waals surface area contributed by atoms with Gasteiger partial charge in [-0.05, 0) is 42.0 Å². The van der Waals surface area contributed by atoms with E-state index in [1.807, 2.05) is 36.4 Å². The van der Waals surface area contributed by atoms with Gasteiger partial charge in [0.05, 0.1) is 13.0 Å². The Bertz CT molecular complexity index is 903. The standard InChI is InChI=1S/C23H28N4O3/c28-21(29)15-19(17-5-2-1-3-6-17)16-23(11-13-25-27-23)30-14-10-20-9-8-18-7-4-12-24-22(18)26-20/h1-3,5-6,8-9,11,13,19,25,27H,4,7,10,12,14-16H2,(H,24,26)(H,28,29). The minimum Gasteiger partial charge on any atom is -0.481 e. The number of aliphatic carboxylic acids is 1. The van der Waals surface area contributed by atoms with Crippen molar-refractivity contribution < 1.29 is 14.6 Å². The van der Waals surface area contributed by atoms with Crippen LogP contribution < -0.4 is 16.2 Å². The van der Waals surface area contributed by atoms with Crippen molar-refractivity contribution in [1.82, 2.24) is 15.8 Å². The number of rotatable bonds is 9. The van der Waals surface area contributed by atoms with Gasteiger partial charge >= 0.3 is 5.97 Å². The zero-order valence-corrected chi connectivity index (χ0v) is 16.9. The number of pyridine rings is 1. The molecule has 0 saturated carbocycles. The van der Waals surface area contributed by atoms with Gasteiger partial charge < -0.3 is 20.6 Å². The zero-order valence-electron chi connectivity index (χ0n) is 16.9. The lowest BCUT2D eigenvalue weighted by atomic mass is 9.88. The average Bonchev–Trinajstić information content (AvgIpc) is 3.22.